The first-order chi connectivity index (χ1) is 10.0. The molecule has 2 aliphatic carbocycles. The number of nitrogens with one attached hydrogen (secondary N) is 2. The lowest BCUT2D eigenvalue weighted by Gasteiger charge is -2.24. The Bertz CT molecular complexity index is 586. The quantitative estimate of drug-likeness (QED) is 0.769. The lowest BCUT2D eigenvalue weighted by atomic mass is 9.83. The lowest BCUT2D eigenvalue weighted by molar-refractivity contribution is 0.297. The Morgan fingerprint density at radius 1 is 1.29 bits per heavy atom. The van der Waals surface area contributed by atoms with E-state index in [0.717, 1.165) is 24.6 Å². The number of rotatable bonds is 8. The van der Waals surface area contributed by atoms with Gasteiger partial charge < -0.3 is 9.88 Å². The molecular formula is C15H25N3O2S. The van der Waals surface area contributed by atoms with E-state index in [1.54, 1.807) is 12.3 Å². The van der Waals surface area contributed by atoms with Crippen LogP contribution in [0.5, 0.6) is 0 Å². The van der Waals surface area contributed by atoms with Crippen LogP contribution in [0.2, 0.25) is 0 Å². The van der Waals surface area contributed by atoms with E-state index in [-0.39, 0.29) is 0 Å². The summed E-state index contributed by atoms with van der Waals surface area (Å²) in [4.78, 5) is 0.381. The summed E-state index contributed by atoms with van der Waals surface area (Å²) in [5.74, 6) is 0.724. The fraction of sp³-hybridized carbons (Fsp3) is 0.733. The lowest BCUT2D eigenvalue weighted by Crippen LogP contribution is -2.27. The van der Waals surface area contributed by atoms with Crippen molar-refractivity contribution < 1.29 is 8.42 Å². The van der Waals surface area contributed by atoms with Crippen LogP contribution in [0, 0.1) is 5.92 Å². The first-order valence-electron chi connectivity index (χ1n) is 7.93. The molecule has 0 radical (unpaired) electrons. The molecule has 1 aromatic heterocycles. The maximum atomic E-state index is 12.3. The van der Waals surface area contributed by atoms with Crippen molar-refractivity contribution in [1.82, 2.24) is 14.6 Å². The summed E-state index contributed by atoms with van der Waals surface area (Å²) in [6, 6.07) is 2.40. The van der Waals surface area contributed by atoms with Crippen LogP contribution < -0.4 is 10.0 Å². The van der Waals surface area contributed by atoms with E-state index < -0.39 is 10.0 Å². The molecule has 0 amide bonds. The molecule has 2 aliphatic rings. The Hall–Kier alpha value is -0.850. The SMILES string of the molecule is Cn1cc(S(=O)(=O)NCCC2CCC2)cc1CNC1CC1. The molecule has 0 aliphatic heterocycles. The van der Waals surface area contributed by atoms with E-state index >= 15 is 0 Å². The molecule has 1 heterocycles. The molecule has 0 atom stereocenters. The zero-order valence-electron chi connectivity index (χ0n) is 12.6. The van der Waals surface area contributed by atoms with Gasteiger partial charge >= 0.3 is 0 Å². The molecule has 0 spiro atoms. The van der Waals surface area contributed by atoms with Gasteiger partial charge in [-0.3, -0.25) is 0 Å². The molecule has 118 valence electrons. The molecule has 1 aromatic rings. The predicted molar refractivity (Wildman–Crippen MR) is 82.4 cm³/mol. The molecule has 0 saturated heterocycles. The van der Waals surface area contributed by atoms with E-state index in [2.05, 4.69) is 10.0 Å². The Labute approximate surface area is 127 Å². The van der Waals surface area contributed by atoms with Crippen LogP contribution in [0.1, 0.15) is 44.2 Å². The van der Waals surface area contributed by atoms with Crippen molar-refractivity contribution in [2.24, 2.45) is 13.0 Å². The van der Waals surface area contributed by atoms with Gasteiger partial charge in [-0.1, -0.05) is 19.3 Å². The first-order valence-corrected chi connectivity index (χ1v) is 9.41. The van der Waals surface area contributed by atoms with E-state index in [0.29, 0.717) is 17.5 Å². The zero-order chi connectivity index (χ0) is 14.9. The number of aryl methyl sites for hydroxylation is 1. The summed E-state index contributed by atoms with van der Waals surface area (Å²) < 4.78 is 29.2. The molecule has 5 nitrogen and oxygen atoms in total. The molecule has 0 bridgehead atoms. The van der Waals surface area contributed by atoms with Crippen LogP contribution in [0.25, 0.3) is 0 Å². The number of aromatic nitrogens is 1. The third-order valence-electron chi connectivity index (χ3n) is 4.61. The van der Waals surface area contributed by atoms with Crippen LogP contribution in [-0.4, -0.2) is 25.6 Å². The molecule has 0 aromatic carbocycles. The van der Waals surface area contributed by atoms with Crippen LogP contribution in [0.3, 0.4) is 0 Å². The highest BCUT2D eigenvalue weighted by atomic mass is 32.2. The third kappa shape index (κ3) is 3.87. The summed E-state index contributed by atoms with van der Waals surface area (Å²) >= 11 is 0. The van der Waals surface area contributed by atoms with Gasteiger partial charge in [0.25, 0.3) is 0 Å². The summed E-state index contributed by atoms with van der Waals surface area (Å²) in [6.07, 6.45) is 8.94. The summed E-state index contributed by atoms with van der Waals surface area (Å²) in [6.45, 7) is 1.29. The minimum Gasteiger partial charge on any atom is -0.352 e. The second kappa shape index (κ2) is 6.10. The van der Waals surface area contributed by atoms with Gasteiger partial charge in [0.15, 0.2) is 0 Å². The number of nitrogens with zero attached hydrogens (tertiary/aromatic N) is 1. The van der Waals surface area contributed by atoms with Gasteiger partial charge in [-0.15, -0.1) is 0 Å². The van der Waals surface area contributed by atoms with Crippen molar-refractivity contribution in [2.75, 3.05) is 6.54 Å². The second-order valence-corrected chi connectivity index (χ2v) is 8.18. The van der Waals surface area contributed by atoms with Crippen LogP contribution in [0.4, 0.5) is 0 Å². The fourth-order valence-corrected chi connectivity index (χ4v) is 3.84. The van der Waals surface area contributed by atoms with E-state index in [4.69, 9.17) is 0 Å². The molecular weight excluding hydrogens is 286 g/mol. The van der Waals surface area contributed by atoms with Crippen LogP contribution in [-0.2, 0) is 23.6 Å². The summed E-state index contributed by atoms with van der Waals surface area (Å²) in [7, 11) is -1.46. The standard InChI is InChI=1S/C15H25N3O2S/c1-18-11-15(9-14(18)10-16-13-5-6-13)21(19,20)17-8-7-12-3-2-4-12/h9,11-13,16-17H,2-8,10H2,1H3. The van der Waals surface area contributed by atoms with Crippen molar-refractivity contribution in [3.8, 4) is 0 Å². The number of hydrogen-bond acceptors (Lipinski definition) is 3. The van der Waals surface area contributed by atoms with Crippen molar-refractivity contribution in [3.63, 3.8) is 0 Å². The van der Waals surface area contributed by atoms with E-state index in [1.165, 1.54) is 32.1 Å². The van der Waals surface area contributed by atoms with Gasteiger partial charge in [-0.2, -0.15) is 0 Å². The number of sulfonamides is 1. The highest BCUT2D eigenvalue weighted by Gasteiger charge is 2.23. The van der Waals surface area contributed by atoms with Crippen molar-refractivity contribution in [2.45, 2.75) is 56.0 Å². The normalized spacial score (nSPS) is 19.7. The van der Waals surface area contributed by atoms with Gasteiger partial charge in [-0.25, -0.2) is 13.1 Å². The summed E-state index contributed by atoms with van der Waals surface area (Å²) in [5, 5.41) is 3.42. The summed E-state index contributed by atoms with van der Waals surface area (Å²) in [5.41, 5.74) is 1.02. The predicted octanol–water partition coefficient (Wildman–Crippen LogP) is 1.75. The largest absolute Gasteiger partial charge is 0.352 e. The minimum absolute atomic E-state index is 0.381. The molecule has 0 unspecified atom stereocenters. The Morgan fingerprint density at radius 2 is 2.05 bits per heavy atom. The zero-order valence-corrected chi connectivity index (χ0v) is 13.5. The monoisotopic (exact) mass is 311 g/mol. The van der Waals surface area contributed by atoms with Gasteiger partial charge in [0.05, 0.1) is 4.90 Å². The van der Waals surface area contributed by atoms with Crippen LogP contribution in [0.15, 0.2) is 17.2 Å². The smallest absolute Gasteiger partial charge is 0.242 e. The average Bonchev–Trinajstić information content (AvgIpc) is 3.13. The molecule has 2 saturated carbocycles. The first kappa shape index (κ1) is 15.1. The van der Waals surface area contributed by atoms with Gasteiger partial charge in [0.1, 0.15) is 0 Å². The van der Waals surface area contributed by atoms with Crippen molar-refractivity contribution in [3.05, 3.63) is 18.0 Å². The molecule has 3 rings (SSSR count). The fourth-order valence-electron chi connectivity index (χ4n) is 2.70. The third-order valence-corrected chi connectivity index (χ3v) is 6.04. The van der Waals surface area contributed by atoms with E-state index in [1.807, 2.05) is 11.6 Å². The molecule has 6 heteroatoms. The van der Waals surface area contributed by atoms with Crippen molar-refractivity contribution >= 4 is 10.0 Å². The molecule has 2 fully saturated rings. The minimum atomic E-state index is -3.36. The highest BCUT2D eigenvalue weighted by molar-refractivity contribution is 7.89. The topological polar surface area (TPSA) is 63.1 Å². The van der Waals surface area contributed by atoms with E-state index in [9.17, 15) is 8.42 Å². The molecule has 21 heavy (non-hydrogen) atoms. The van der Waals surface area contributed by atoms with Gasteiger partial charge in [-0.05, 0) is 31.2 Å². The number of hydrogen-bond donors (Lipinski definition) is 2. The van der Waals surface area contributed by atoms with Crippen molar-refractivity contribution in [1.29, 1.82) is 0 Å². The Kier molecular flexibility index (Phi) is 4.38. The molecule has 2 N–H and O–H groups in total. The maximum Gasteiger partial charge on any atom is 0.242 e. The van der Waals surface area contributed by atoms with Crippen LogP contribution >= 0.6 is 0 Å². The average molecular weight is 311 g/mol. The van der Waals surface area contributed by atoms with Gasteiger partial charge in [0.2, 0.25) is 10.0 Å². The Balaban J connectivity index is 1.56. The van der Waals surface area contributed by atoms with Gasteiger partial charge in [0, 0.05) is 38.1 Å². The maximum absolute atomic E-state index is 12.3. The Morgan fingerprint density at radius 3 is 2.67 bits per heavy atom. The second-order valence-electron chi connectivity index (χ2n) is 6.42. The highest BCUT2D eigenvalue weighted by Crippen LogP contribution is 2.29.